The van der Waals surface area contributed by atoms with Crippen LogP contribution in [0.1, 0.15) is 35.3 Å². The minimum Gasteiger partial charge on any atom is -0.497 e. The molecule has 1 aliphatic heterocycles. The Kier molecular flexibility index (Phi) is 6.33. The predicted octanol–water partition coefficient (Wildman–Crippen LogP) is 2.45. The Labute approximate surface area is 168 Å². The molecule has 2 N–H and O–H groups in total. The third-order valence-corrected chi connectivity index (χ3v) is 4.36. The smallest absolute Gasteiger partial charge is 0.258 e. The number of nitrogens with zero attached hydrogens (tertiary/aromatic N) is 1. The van der Waals surface area contributed by atoms with E-state index in [1.807, 2.05) is 13.0 Å². The minimum absolute atomic E-state index is 0.104. The standard InChI is InChI=1S/C21H23N3O5/c1-4-29-17-9-8-13(11-18(17)28-3)16-12-19(25)23-21(22-16)24-20(26)14-6-5-7-15(10-14)27-2/h5-11,16H,4,12H2,1-3H3,(H2,22,23,24,25,26). The molecule has 3 rings (SSSR count). The Morgan fingerprint density at radius 3 is 2.72 bits per heavy atom. The molecule has 1 aliphatic rings. The second-order valence-electron chi connectivity index (χ2n) is 6.28. The summed E-state index contributed by atoms with van der Waals surface area (Å²) in [7, 11) is 3.08. The summed E-state index contributed by atoms with van der Waals surface area (Å²) in [5, 5.41) is 5.24. The molecule has 0 aliphatic carbocycles. The number of amides is 2. The van der Waals surface area contributed by atoms with E-state index in [-0.39, 0.29) is 18.3 Å². The van der Waals surface area contributed by atoms with E-state index in [1.165, 1.54) is 7.11 Å². The molecule has 0 aromatic heterocycles. The molecule has 0 radical (unpaired) electrons. The van der Waals surface area contributed by atoms with Crippen LogP contribution in [0.4, 0.5) is 0 Å². The summed E-state index contributed by atoms with van der Waals surface area (Å²) in [6.07, 6.45) is 0.162. The second-order valence-corrected chi connectivity index (χ2v) is 6.28. The molecule has 2 aromatic rings. The quantitative estimate of drug-likeness (QED) is 0.780. The molecular weight excluding hydrogens is 374 g/mol. The van der Waals surface area contributed by atoms with Crippen LogP contribution in [0, 0.1) is 0 Å². The van der Waals surface area contributed by atoms with Crippen molar-refractivity contribution < 1.29 is 23.8 Å². The van der Waals surface area contributed by atoms with Crippen molar-refractivity contribution in [3.8, 4) is 17.2 Å². The highest BCUT2D eigenvalue weighted by Crippen LogP contribution is 2.33. The predicted molar refractivity (Wildman–Crippen MR) is 108 cm³/mol. The fourth-order valence-corrected chi connectivity index (χ4v) is 2.96. The third kappa shape index (κ3) is 4.84. The summed E-state index contributed by atoms with van der Waals surface area (Å²) >= 11 is 0. The summed E-state index contributed by atoms with van der Waals surface area (Å²) in [5.41, 5.74) is 1.18. The molecule has 8 nitrogen and oxygen atoms in total. The van der Waals surface area contributed by atoms with Gasteiger partial charge in [0, 0.05) is 5.56 Å². The van der Waals surface area contributed by atoms with Gasteiger partial charge in [-0.1, -0.05) is 12.1 Å². The Balaban J connectivity index is 1.82. The van der Waals surface area contributed by atoms with E-state index in [4.69, 9.17) is 14.2 Å². The average molecular weight is 397 g/mol. The number of nitrogens with one attached hydrogen (secondary N) is 2. The van der Waals surface area contributed by atoms with Crippen molar-refractivity contribution in [3.05, 3.63) is 53.6 Å². The molecule has 0 saturated carbocycles. The van der Waals surface area contributed by atoms with Crippen LogP contribution >= 0.6 is 0 Å². The van der Waals surface area contributed by atoms with Crippen LogP contribution in [0.3, 0.4) is 0 Å². The number of aliphatic imine (C=N–C) groups is 1. The minimum atomic E-state index is -0.450. The maximum Gasteiger partial charge on any atom is 0.258 e. The summed E-state index contributed by atoms with van der Waals surface area (Å²) in [4.78, 5) is 29.2. The van der Waals surface area contributed by atoms with Crippen LogP contribution in [0.5, 0.6) is 17.2 Å². The number of hydrogen-bond acceptors (Lipinski definition) is 6. The fraction of sp³-hybridized carbons (Fsp3) is 0.286. The summed E-state index contributed by atoms with van der Waals surface area (Å²) in [6, 6.07) is 11.7. The van der Waals surface area contributed by atoms with E-state index in [9.17, 15) is 9.59 Å². The molecule has 0 bridgehead atoms. The molecule has 1 atom stereocenters. The van der Waals surface area contributed by atoms with Gasteiger partial charge in [-0.2, -0.15) is 0 Å². The Bertz CT molecular complexity index is 942. The molecule has 2 amide bonds. The first-order valence-electron chi connectivity index (χ1n) is 9.17. The van der Waals surface area contributed by atoms with Gasteiger partial charge in [0.1, 0.15) is 5.75 Å². The van der Waals surface area contributed by atoms with Gasteiger partial charge < -0.3 is 14.2 Å². The lowest BCUT2D eigenvalue weighted by molar-refractivity contribution is -0.120. The first-order valence-corrected chi connectivity index (χ1v) is 9.17. The summed E-state index contributed by atoms with van der Waals surface area (Å²) in [6.45, 7) is 2.40. The zero-order valence-corrected chi connectivity index (χ0v) is 16.5. The highest BCUT2D eigenvalue weighted by atomic mass is 16.5. The maximum absolute atomic E-state index is 12.5. The first kappa shape index (κ1) is 20.2. The van der Waals surface area contributed by atoms with Crippen LogP contribution in [-0.2, 0) is 4.79 Å². The van der Waals surface area contributed by atoms with Gasteiger partial charge in [0.15, 0.2) is 11.5 Å². The molecule has 8 heteroatoms. The lowest BCUT2D eigenvalue weighted by atomic mass is 10.0. The van der Waals surface area contributed by atoms with Crippen molar-refractivity contribution in [3.63, 3.8) is 0 Å². The second kappa shape index (κ2) is 9.09. The van der Waals surface area contributed by atoms with Crippen LogP contribution < -0.4 is 24.8 Å². The Morgan fingerprint density at radius 2 is 2.00 bits per heavy atom. The van der Waals surface area contributed by atoms with E-state index in [1.54, 1.807) is 43.5 Å². The van der Waals surface area contributed by atoms with Gasteiger partial charge in [-0.25, -0.2) is 4.99 Å². The van der Waals surface area contributed by atoms with Crippen LogP contribution in [-0.4, -0.2) is 38.6 Å². The highest BCUT2D eigenvalue weighted by Gasteiger charge is 2.25. The molecule has 152 valence electrons. The number of rotatable bonds is 6. The molecule has 29 heavy (non-hydrogen) atoms. The number of guanidine groups is 1. The van der Waals surface area contributed by atoms with Gasteiger partial charge >= 0.3 is 0 Å². The number of benzene rings is 2. The van der Waals surface area contributed by atoms with Crippen LogP contribution in [0.2, 0.25) is 0 Å². The Morgan fingerprint density at radius 1 is 1.17 bits per heavy atom. The lowest BCUT2D eigenvalue weighted by Gasteiger charge is -2.22. The number of carbonyl (C=O) groups excluding carboxylic acids is 2. The van der Waals surface area contributed by atoms with Crippen molar-refractivity contribution >= 4 is 17.8 Å². The monoisotopic (exact) mass is 397 g/mol. The number of hydrogen-bond donors (Lipinski definition) is 2. The molecule has 1 heterocycles. The van der Waals surface area contributed by atoms with Crippen molar-refractivity contribution in [2.45, 2.75) is 19.4 Å². The molecule has 0 fully saturated rings. The normalized spacial score (nSPS) is 15.8. The SMILES string of the molecule is CCOc1ccc(C2CC(=O)NC(NC(=O)c3cccc(OC)c3)=N2)cc1OC. The van der Waals surface area contributed by atoms with Gasteiger partial charge in [0.05, 0.1) is 33.3 Å². The van der Waals surface area contributed by atoms with Crippen molar-refractivity contribution in [1.82, 2.24) is 10.6 Å². The zero-order chi connectivity index (χ0) is 20.8. The van der Waals surface area contributed by atoms with Gasteiger partial charge in [0.25, 0.3) is 5.91 Å². The average Bonchev–Trinajstić information content (AvgIpc) is 2.73. The molecule has 2 aromatic carbocycles. The van der Waals surface area contributed by atoms with Gasteiger partial charge in [-0.05, 0) is 42.8 Å². The van der Waals surface area contributed by atoms with E-state index in [0.29, 0.717) is 29.4 Å². The number of ether oxygens (including phenoxy) is 3. The topological polar surface area (TPSA) is 98.3 Å². The van der Waals surface area contributed by atoms with Crippen molar-refractivity contribution in [1.29, 1.82) is 0 Å². The van der Waals surface area contributed by atoms with Crippen LogP contribution in [0.15, 0.2) is 47.5 Å². The van der Waals surface area contributed by atoms with E-state index in [2.05, 4.69) is 15.6 Å². The highest BCUT2D eigenvalue weighted by molar-refractivity contribution is 6.10. The fourth-order valence-electron chi connectivity index (χ4n) is 2.96. The van der Waals surface area contributed by atoms with Crippen molar-refractivity contribution in [2.24, 2.45) is 4.99 Å². The summed E-state index contributed by atoms with van der Waals surface area (Å²) in [5.74, 6) is 1.22. The maximum atomic E-state index is 12.5. The molecule has 0 spiro atoms. The van der Waals surface area contributed by atoms with Gasteiger partial charge in [-0.3, -0.25) is 20.2 Å². The zero-order valence-electron chi connectivity index (χ0n) is 16.5. The number of methoxy groups -OCH3 is 2. The van der Waals surface area contributed by atoms with Crippen LogP contribution in [0.25, 0.3) is 0 Å². The van der Waals surface area contributed by atoms with E-state index in [0.717, 1.165) is 5.56 Å². The van der Waals surface area contributed by atoms with E-state index < -0.39 is 11.9 Å². The third-order valence-electron chi connectivity index (χ3n) is 4.36. The number of carbonyl (C=O) groups is 2. The van der Waals surface area contributed by atoms with Gasteiger partial charge in [0.2, 0.25) is 11.9 Å². The van der Waals surface area contributed by atoms with Gasteiger partial charge in [-0.15, -0.1) is 0 Å². The molecule has 1 unspecified atom stereocenters. The largest absolute Gasteiger partial charge is 0.497 e. The molecular formula is C21H23N3O5. The van der Waals surface area contributed by atoms with Crippen molar-refractivity contribution in [2.75, 3.05) is 20.8 Å². The Hall–Kier alpha value is -3.55. The lowest BCUT2D eigenvalue weighted by Crippen LogP contribution is -2.47. The summed E-state index contributed by atoms with van der Waals surface area (Å²) < 4.78 is 16.0. The van der Waals surface area contributed by atoms with E-state index >= 15 is 0 Å². The first-order chi connectivity index (χ1) is 14.0. The molecule has 0 saturated heterocycles.